The van der Waals surface area contributed by atoms with Crippen LogP contribution in [0, 0.1) is 0 Å². The van der Waals surface area contributed by atoms with Gasteiger partial charge in [0.1, 0.15) is 5.75 Å². The van der Waals surface area contributed by atoms with Crippen molar-refractivity contribution in [2.24, 2.45) is 0 Å². The molecule has 17 heavy (non-hydrogen) atoms. The SMILES string of the molecule is CC(OCCCOc1ccc(Cl)cc1)C(=O)O. The molecule has 0 spiro atoms. The standard InChI is InChI=1S/C12H15ClO4/c1-9(12(14)15)16-7-2-8-17-11-5-3-10(13)4-6-11/h3-6,9H,2,7-8H2,1H3,(H,14,15). The fourth-order valence-electron chi connectivity index (χ4n) is 1.11. The second kappa shape index (κ2) is 7.14. The summed E-state index contributed by atoms with van der Waals surface area (Å²) in [5.41, 5.74) is 0. The molecule has 1 aromatic rings. The molecule has 1 atom stereocenters. The molecule has 1 aromatic carbocycles. The van der Waals surface area contributed by atoms with E-state index in [1.54, 1.807) is 24.3 Å². The zero-order valence-electron chi connectivity index (χ0n) is 9.56. The van der Waals surface area contributed by atoms with E-state index in [2.05, 4.69) is 0 Å². The summed E-state index contributed by atoms with van der Waals surface area (Å²) in [6.45, 7) is 2.34. The lowest BCUT2D eigenvalue weighted by atomic mass is 10.3. The Hall–Kier alpha value is -1.26. The van der Waals surface area contributed by atoms with E-state index in [9.17, 15) is 4.79 Å². The van der Waals surface area contributed by atoms with Crippen molar-refractivity contribution in [2.45, 2.75) is 19.4 Å². The molecule has 0 aliphatic heterocycles. The highest BCUT2D eigenvalue weighted by molar-refractivity contribution is 6.30. The minimum atomic E-state index is -0.955. The second-order valence-electron chi connectivity index (χ2n) is 3.51. The van der Waals surface area contributed by atoms with Gasteiger partial charge in [0.25, 0.3) is 0 Å². The minimum absolute atomic E-state index is 0.362. The number of hydrogen-bond donors (Lipinski definition) is 1. The van der Waals surface area contributed by atoms with E-state index in [0.29, 0.717) is 24.7 Å². The van der Waals surface area contributed by atoms with Crippen molar-refractivity contribution in [1.82, 2.24) is 0 Å². The molecule has 0 aliphatic rings. The van der Waals surface area contributed by atoms with E-state index in [4.69, 9.17) is 26.2 Å². The lowest BCUT2D eigenvalue weighted by Gasteiger charge is -2.09. The van der Waals surface area contributed by atoms with Crippen LogP contribution in [0.15, 0.2) is 24.3 Å². The lowest BCUT2D eigenvalue weighted by Crippen LogP contribution is -2.20. The smallest absolute Gasteiger partial charge is 0.332 e. The second-order valence-corrected chi connectivity index (χ2v) is 3.94. The highest BCUT2D eigenvalue weighted by atomic mass is 35.5. The maximum absolute atomic E-state index is 10.4. The summed E-state index contributed by atoms with van der Waals surface area (Å²) in [7, 11) is 0. The molecule has 0 radical (unpaired) electrons. The van der Waals surface area contributed by atoms with Crippen LogP contribution in [0.25, 0.3) is 0 Å². The first-order chi connectivity index (χ1) is 8.09. The third-order valence-corrected chi connectivity index (χ3v) is 2.34. The molecule has 0 heterocycles. The molecule has 0 aliphatic carbocycles. The molecule has 5 heteroatoms. The zero-order valence-corrected chi connectivity index (χ0v) is 10.3. The van der Waals surface area contributed by atoms with Crippen LogP contribution < -0.4 is 4.74 Å². The van der Waals surface area contributed by atoms with Crippen molar-refractivity contribution in [2.75, 3.05) is 13.2 Å². The topological polar surface area (TPSA) is 55.8 Å². The normalized spacial score (nSPS) is 12.1. The minimum Gasteiger partial charge on any atom is -0.494 e. The predicted molar refractivity (Wildman–Crippen MR) is 64.6 cm³/mol. The summed E-state index contributed by atoms with van der Waals surface area (Å²) in [5.74, 6) is -0.218. The Morgan fingerprint density at radius 1 is 1.35 bits per heavy atom. The fourth-order valence-corrected chi connectivity index (χ4v) is 1.24. The summed E-state index contributed by atoms with van der Waals surface area (Å²) in [4.78, 5) is 10.4. The quantitative estimate of drug-likeness (QED) is 0.764. The van der Waals surface area contributed by atoms with Gasteiger partial charge < -0.3 is 14.6 Å². The molecule has 0 fully saturated rings. The van der Waals surface area contributed by atoms with Gasteiger partial charge in [-0.3, -0.25) is 0 Å². The number of halogens is 1. The summed E-state index contributed by atoms with van der Waals surface area (Å²) in [5, 5.41) is 9.24. The molecule has 1 rings (SSSR count). The third kappa shape index (κ3) is 5.56. The van der Waals surface area contributed by atoms with E-state index in [0.717, 1.165) is 5.75 Å². The van der Waals surface area contributed by atoms with Crippen LogP contribution in [0.2, 0.25) is 5.02 Å². The van der Waals surface area contributed by atoms with Crippen LogP contribution in [-0.4, -0.2) is 30.4 Å². The summed E-state index contributed by atoms with van der Waals surface area (Å²) in [6.07, 6.45) is -0.134. The Balaban J connectivity index is 2.12. The Labute approximate surface area is 105 Å². The van der Waals surface area contributed by atoms with Crippen molar-refractivity contribution < 1.29 is 19.4 Å². The molecule has 94 valence electrons. The monoisotopic (exact) mass is 258 g/mol. The summed E-state index contributed by atoms with van der Waals surface area (Å²) in [6, 6.07) is 7.06. The van der Waals surface area contributed by atoms with Crippen LogP contribution in [0.3, 0.4) is 0 Å². The van der Waals surface area contributed by atoms with Crippen molar-refractivity contribution in [3.63, 3.8) is 0 Å². The van der Waals surface area contributed by atoms with Gasteiger partial charge in [-0.2, -0.15) is 0 Å². The number of ether oxygens (including phenoxy) is 2. The van der Waals surface area contributed by atoms with Gasteiger partial charge in [0.05, 0.1) is 13.2 Å². The van der Waals surface area contributed by atoms with Crippen molar-refractivity contribution in [1.29, 1.82) is 0 Å². The van der Waals surface area contributed by atoms with Gasteiger partial charge in [-0.25, -0.2) is 4.79 Å². The van der Waals surface area contributed by atoms with Crippen LogP contribution in [0.5, 0.6) is 5.75 Å². The number of benzene rings is 1. The van der Waals surface area contributed by atoms with Crippen molar-refractivity contribution in [3.05, 3.63) is 29.3 Å². The maximum Gasteiger partial charge on any atom is 0.332 e. The first-order valence-corrected chi connectivity index (χ1v) is 5.70. The number of carboxylic acid groups (broad SMARTS) is 1. The van der Waals surface area contributed by atoms with Crippen LogP contribution in [0.1, 0.15) is 13.3 Å². The van der Waals surface area contributed by atoms with Crippen LogP contribution >= 0.6 is 11.6 Å². The Morgan fingerprint density at radius 2 is 2.00 bits per heavy atom. The van der Waals surface area contributed by atoms with Gasteiger partial charge in [0.2, 0.25) is 0 Å². The maximum atomic E-state index is 10.4. The van der Waals surface area contributed by atoms with Crippen LogP contribution in [-0.2, 0) is 9.53 Å². The highest BCUT2D eigenvalue weighted by Gasteiger charge is 2.09. The van der Waals surface area contributed by atoms with Gasteiger partial charge in [-0.05, 0) is 31.2 Å². The number of carboxylic acids is 1. The summed E-state index contributed by atoms with van der Waals surface area (Å²) >= 11 is 5.73. The molecule has 1 unspecified atom stereocenters. The Kier molecular flexibility index (Phi) is 5.80. The van der Waals surface area contributed by atoms with E-state index in [1.165, 1.54) is 6.92 Å². The van der Waals surface area contributed by atoms with Gasteiger partial charge in [0.15, 0.2) is 6.10 Å². The highest BCUT2D eigenvalue weighted by Crippen LogP contribution is 2.15. The van der Waals surface area contributed by atoms with Crippen LogP contribution in [0.4, 0.5) is 0 Å². The average Bonchev–Trinajstić information content (AvgIpc) is 2.30. The largest absolute Gasteiger partial charge is 0.494 e. The number of rotatable bonds is 7. The van der Waals surface area contributed by atoms with Gasteiger partial charge in [-0.1, -0.05) is 11.6 Å². The van der Waals surface area contributed by atoms with Crippen molar-refractivity contribution in [3.8, 4) is 5.75 Å². The molecular formula is C12H15ClO4. The molecular weight excluding hydrogens is 244 g/mol. The van der Waals surface area contributed by atoms with E-state index < -0.39 is 12.1 Å². The van der Waals surface area contributed by atoms with Crippen molar-refractivity contribution >= 4 is 17.6 Å². The molecule has 4 nitrogen and oxygen atoms in total. The number of carbonyl (C=O) groups is 1. The van der Waals surface area contributed by atoms with E-state index in [-0.39, 0.29) is 0 Å². The Morgan fingerprint density at radius 3 is 2.59 bits per heavy atom. The zero-order chi connectivity index (χ0) is 12.7. The Bertz CT molecular complexity index is 350. The molecule has 0 saturated carbocycles. The van der Waals surface area contributed by atoms with Gasteiger partial charge >= 0.3 is 5.97 Å². The molecule has 0 saturated heterocycles. The third-order valence-electron chi connectivity index (χ3n) is 2.09. The van der Waals surface area contributed by atoms with Gasteiger partial charge in [0, 0.05) is 11.4 Å². The number of aliphatic carboxylic acids is 1. The summed E-state index contributed by atoms with van der Waals surface area (Å²) < 4.78 is 10.5. The first-order valence-electron chi connectivity index (χ1n) is 5.32. The molecule has 0 amide bonds. The van der Waals surface area contributed by atoms with Gasteiger partial charge in [-0.15, -0.1) is 0 Å². The van der Waals surface area contributed by atoms with E-state index in [1.807, 2.05) is 0 Å². The average molecular weight is 259 g/mol. The van der Waals surface area contributed by atoms with E-state index >= 15 is 0 Å². The lowest BCUT2D eigenvalue weighted by molar-refractivity contribution is -0.149. The fraction of sp³-hybridized carbons (Fsp3) is 0.417. The molecule has 0 bridgehead atoms. The first kappa shape index (κ1) is 13.8. The molecule has 1 N–H and O–H groups in total. The predicted octanol–water partition coefficient (Wildman–Crippen LogP) is 2.60. The number of hydrogen-bond acceptors (Lipinski definition) is 3. The molecule has 0 aromatic heterocycles.